The zero-order valence-corrected chi connectivity index (χ0v) is 15.2. The van der Waals surface area contributed by atoms with Gasteiger partial charge in [0.1, 0.15) is 11.5 Å². The van der Waals surface area contributed by atoms with Gasteiger partial charge in [-0.05, 0) is 18.2 Å². The number of benzene rings is 2. The Hall–Kier alpha value is -2.67. The van der Waals surface area contributed by atoms with Gasteiger partial charge in [-0.1, -0.05) is 17.7 Å². The van der Waals surface area contributed by atoms with Gasteiger partial charge in [-0.25, -0.2) is 0 Å². The van der Waals surface area contributed by atoms with Gasteiger partial charge in [0.2, 0.25) is 0 Å². The first-order chi connectivity index (χ1) is 12.7. The Morgan fingerprint density at radius 3 is 2.44 bits per heavy atom. The van der Waals surface area contributed by atoms with E-state index in [0.717, 1.165) is 13.2 Å². The Morgan fingerprint density at radius 1 is 1.11 bits per heavy atom. The summed E-state index contributed by atoms with van der Waals surface area (Å²) in [6, 6.07) is 7.01. The molecule has 0 unspecified atom stereocenters. The molecule has 0 bridgehead atoms. The van der Waals surface area contributed by atoms with E-state index in [-0.39, 0.29) is 28.9 Å². The van der Waals surface area contributed by atoms with Crippen LogP contribution in [0.15, 0.2) is 36.5 Å². The number of carbonyl (C=O) groups is 1. The maximum absolute atomic E-state index is 13.3. The maximum Gasteiger partial charge on any atom is 0.419 e. The van der Waals surface area contributed by atoms with E-state index in [0.29, 0.717) is 21.9 Å². The van der Waals surface area contributed by atoms with Gasteiger partial charge in [-0.3, -0.25) is 4.79 Å². The predicted molar refractivity (Wildman–Crippen MR) is 95.9 cm³/mol. The molecular weight excluding hydrogens is 383 g/mol. The van der Waals surface area contributed by atoms with Gasteiger partial charge in [0.15, 0.2) is 5.78 Å². The third kappa shape index (κ3) is 3.73. The Labute approximate surface area is 157 Å². The van der Waals surface area contributed by atoms with Gasteiger partial charge in [-0.15, -0.1) is 0 Å². The number of H-pyrrole nitrogens is 1. The first-order valence-corrected chi connectivity index (χ1v) is 8.24. The van der Waals surface area contributed by atoms with Crippen molar-refractivity contribution in [2.24, 2.45) is 0 Å². The van der Waals surface area contributed by atoms with Crippen LogP contribution in [-0.2, 0) is 12.6 Å². The lowest BCUT2D eigenvalue weighted by molar-refractivity contribution is -0.138. The largest absolute Gasteiger partial charge is 0.496 e. The van der Waals surface area contributed by atoms with E-state index in [1.165, 1.54) is 19.4 Å². The summed E-state index contributed by atoms with van der Waals surface area (Å²) in [6.45, 7) is 0. The number of methoxy groups -OCH3 is 2. The van der Waals surface area contributed by atoms with Crippen molar-refractivity contribution in [2.45, 2.75) is 12.6 Å². The molecule has 4 nitrogen and oxygen atoms in total. The molecule has 0 aliphatic rings. The number of carbonyl (C=O) groups excluding carboxylic acids is 1. The molecule has 0 saturated heterocycles. The first kappa shape index (κ1) is 19.1. The van der Waals surface area contributed by atoms with Crippen molar-refractivity contribution in [1.29, 1.82) is 0 Å². The molecule has 0 aliphatic heterocycles. The molecule has 3 aromatic rings. The fourth-order valence-corrected chi connectivity index (χ4v) is 3.07. The Morgan fingerprint density at radius 2 is 1.81 bits per heavy atom. The zero-order chi connectivity index (χ0) is 19.8. The van der Waals surface area contributed by atoms with Crippen LogP contribution < -0.4 is 9.47 Å². The lowest BCUT2D eigenvalue weighted by Crippen LogP contribution is -2.08. The average molecular weight is 398 g/mol. The highest BCUT2D eigenvalue weighted by molar-refractivity contribution is 6.30. The summed E-state index contributed by atoms with van der Waals surface area (Å²) < 4.78 is 49.9. The molecule has 1 heterocycles. The molecule has 0 saturated carbocycles. The van der Waals surface area contributed by atoms with Crippen LogP contribution in [0.3, 0.4) is 0 Å². The minimum atomic E-state index is -4.60. The summed E-state index contributed by atoms with van der Waals surface area (Å²) >= 11 is 5.91. The molecular formula is C19H15ClF3NO3. The molecule has 3 rings (SSSR count). The summed E-state index contributed by atoms with van der Waals surface area (Å²) in [4.78, 5) is 15.6. The number of hydrogen-bond acceptors (Lipinski definition) is 3. The van der Waals surface area contributed by atoms with Gasteiger partial charge >= 0.3 is 6.18 Å². The number of halogens is 4. The summed E-state index contributed by atoms with van der Waals surface area (Å²) in [5, 5.41) is 0.637. The van der Waals surface area contributed by atoms with Gasteiger partial charge in [0, 0.05) is 45.7 Å². The summed E-state index contributed by atoms with van der Waals surface area (Å²) in [5.74, 6) is -0.219. The molecule has 2 aromatic carbocycles. The monoisotopic (exact) mass is 397 g/mol. The number of aromatic amines is 1. The van der Waals surface area contributed by atoms with Crippen LogP contribution in [0.2, 0.25) is 5.02 Å². The van der Waals surface area contributed by atoms with Gasteiger partial charge in [0.25, 0.3) is 0 Å². The lowest BCUT2D eigenvalue weighted by Gasteiger charge is -2.12. The van der Waals surface area contributed by atoms with Crippen molar-refractivity contribution in [3.8, 4) is 11.5 Å². The molecule has 0 spiro atoms. The molecule has 27 heavy (non-hydrogen) atoms. The quantitative estimate of drug-likeness (QED) is 0.596. The van der Waals surface area contributed by atoms with Crippen molar-refractivity contribution in [1.82, 2.24) is 4.98 Å². The van der Waals surface area contributed by atoms with Crippen molar-refractivity contribution in [3.63, 3.8) is 0 Å². The fourth-order valence-electron chi connectivity index (χ4n) is 2.90. The molecule has 0 aliphatic carbocycles. The topological polar surface area (TPSA) is 51.3 Å². The number of rotatable bonds is 5. The van der Waals surface area contributed by atoms with Crippen LogP contribution in [0.1, 0.15) is 21.5 Å². The summed E-state index contributed by atoms with van der Waals surface area (Å²) in [7, 11) is 2.62. The van der Waals surface area contributed by atoms with Gasteiger partial charge in [0.05, 0.1) is 19.8 Å². The van der Waals surface area contributed by atoms with Gasteiger partial charge in [-0.2, -0.15) is 13.2 Å². The van der Waals surface area contributed by atoms with E-state index in [2.05, 4.69) is 4.98 Å². The summed E-state index contributed by atoms with van der Waals surface area (Å²) in [5.41, 5.74) is 0.197. The van der Waals surface area contributed by atoms with Crippen LogP contribution in [0, 0.1) is 0 Å². The number of Topliss-reactive ketones (excluding diaryl/α,β-unsaturated/α-hetero) is 1. The van der Waals surface area contributed by atoms with Crippen molar-refractivity contribution in [2.75, 3.05) is 14.2 Å². The molecule has 1 N–H and O–H groups in total. The van der Waals surface area contributed by atoms with Crippen LogP contribution in [0.5, 0.6) is 11.5 Å². The summed E-state index contributed by atoms with van der Waals surface area (Å²) in [6.07, 6.45) is -3.24. The Kier molecular flexibility index (Phi) is 5.06. The number of ketones is 1. The number of ether oxygens (including phenoxy) is 2. The lowest BCUT2D eigenvalue weighted by atomic mass is 10.0. The normalized spacial score (nSPS) is 11.6. The van der Waals surface area contributed by atoms with Gasteiger partial charge < -0.3 is 14.5 Å². The van der Waals surface area contributed by atoms with Crippen LogP contribution in [0.25, 0.3) is 10.9 Å². The highest BCUT2D eigenvalue weighted by atomic mass is 35.5. The first-order valence-electron chi connectivity index (χ1n) is 7.86. The van der Waals surface area contributed by atoms with E-state index >= 15 is 0 Å². The number of fused-ring (bicyclic) bond motifs is 1. The zero-order valence-electron chi connectivity index (χ0n) is 14.4. The van der Waals surface area contributed by atoms with E-state index in [1.54, 1.807) is 18.2 Å². The molecule has 0 radical (unpaired) electrons. The number of aromatic nitrogens is 1. The SMILES string of the molecule is COc1cc(Cl)ccc1CC(=O)c1c[nH]c2cc(OC)c(C(F)(F)F)cc12. The number of nitrogens with one attached hydrogen (secondary N) is 1. The van der Waals surface area contributed by atoms with E-state index < -0.39 is 11.7 Å². The highest BCUT2D eigenvalue weighted by Gasteiger charge is 2.35. The third-order valence-corrected chi connectivity index (χ3v) is 4.44. The van der Waals surface area contributed by atoms with Crippen LogP contribution >= 0.6 is 11.6 Å². The number of hydrogen-bond donors (Lipinski definition) is 1. The smallest absolute Gasteiger partial charge is 0.419 e. The number of alkyl halides is 3. The maximum atomic E-state index is 13.3. The average Bonchev–Trinajstić information content (AvgIpc) is 3.04. The second-order valence-electron chi connectivity index (χ2n) is 5.85. The fraction of sp³-hybridized carbons (Fsp3) is 0.211. The molecule has 0 atom stereocenters. The third-order valence-electron chi connectivity index (χ3n) is 4.21. The molecule has 0 amide bonds. The van der Waals surface area contributed by atoms with Crippen LogP contribution in [-0.4, -0.2) is 25.0 Å². The molecule has 8 heteroatoms. The van der Waals surface area contributed by atoms with Crippen molar-refractivity contribution in [3.05, 3.63) is 58.2 Å². The molecule has 142 valence electrons. The van der Waals surface area contributed by atoms with E-state index in [4.69, 9.17) is 21.1 Å². The molecule has 0 fully saturated rings. The minimum absolute atomic E-state index is 0.0410. The minimum Gasteiger partial charge on any atom is -0.496 e. The van der Waals surface area contributed by atoms with Crippen molar-refractivity contribution >= 4 is 28.3 Å². The molecule has 1 aromatic heterocycles. The van der Waals surface area contributed by atoms with E-state index in [1.807, 2.05) is 0 Å². The van der Waals surface area contributed by atoms with E-state index in [9.17, 15) is 18.0 Å². The second kappa shape index (κ2) is 7.15. The highest BCUT2D eigenvalue weighted by Crippen LogP contribution is 2.39. The Balaban J connectivity index is 2.03. The van der Waals surface area contributed by atoms with Crippen molar-refractivity contribution < 1.29 is 27.4 Å². The Bertz CT molecular complexity index is 1010. The second-order valence-corrected chi connectivity index (χ2v) is 6.29. The standard InChI is InChI=1S/C19H15ClF3NO3/c1-26-17-6-11(20)4-3-10(17)5-16(25)13-9-24-15-8-18(27-2)14(7-12(13)15)19(21,22)23/h3-4,6-9,24H,5H2,1-2H3. The predicted octanol–water partition coefficient (Wildman–Crippen LogP) is 5.28. The van der Waals surface area contributed by atoms with Crippen LogP contribution in [0.4, 0.5) is 13.2 Å².